The van der Waals surface area contributed by atoms with Crippen LogP contribution in [0.25, 0.3) is 0 Å². The smallest absolute Gasteiger partial charge is 0.313 e. The second kappa shape index (κ2) is 8.81. The van der Waals surface area contributed by atoms with Gasteiger partial charge in [0.2, 0.25) is 0 Å². The lowest BCUT2D eigenvalue weighted by atomic mass is 9.96. The molecule has 1 aliphatic carbocycles. The normalized spacial score (nSPS) is 21.4. The van der Waals surface area contributed by atoms with E-state index >= 15 is 0 Å². The highest BCUT2D eigenvalue weighted by molar-refractivity contribution is 6.03. The monoisotopic (exact) mass is 292 g/mol. The summed E-state index contributed by atoms with van der Waals surface area (Å²) in [6.45, 7) is 8.57. The quantitative estimate of drug-likeness (QED) is 0.401. The van der Waals surface area contributed by atoms with E-state index in [4.69, 9.17) is 4.74 Å². The van der Waals surface area contributed by atoms with Crippen molar-refractivity contribution < 1.29 is 14.3 Å². The molecule has 0 aliphatic heterocycles. The highest BCUT2D eigenvalue weighted by Gasteiger charge is 2.34. The molecule has 21 heavy (non-hydrogen) atoms. The van der Waals surface area contributed by atoms with E-state index in [2.05, 4.69) is 26.8 Å². The maximum Gasteiger partial charge on any atom is 0.313 e. The Bertz CT molecular complexity index is 428. The Labute approximate surface area is 128 Å². The summed E-state index contributed by atoms with van der Waals surface area (Å²) < 4.78 is 5.06. The highest BCUT2D eigenvalue weighted by Crippen LogP contribution is 2.30. The molecule has 0 heterocycles. The maximum absolute atomic E-state index is 11.9. The third-order valence-electron chi connectivity index (χ3n) is 3.88. The van der Waals surface area contributed by atoms with Gasteiger partial charge in [-0.1, -0.05) is 24.6 Å². The number of carbonyl (C=O) groups is 2. The topological polar surface area (TPSA) is 43.4 Å². The van der Waals surface area contributed by atoms with Crippen LogP contribution in [0.1, 0.15) is 59.8 Å². The third kappa shape index (κ3) is 5.86. The fourth-order valence-electron chi connectivity index (χ4n) is 2.62. The van der Waals surface area contributed by atoms with E-state index in [0.29, 0.717) is 30.9 Å². The fourth-order valence-corrected chi connectivity index (χ4v) is 2.62. The molecule has 0 aromatic carbocycles. The van der Waals surface area contributed by atoms with Crippen LogP contribution >= 0.6 is 0 Å². The number of ether oxygens (including phenoxy) is 1. The molecule has 1 unspecified atom stereocenters. The van der Waals surface area contributed by atoms with Crippen molar-refractivity contribution in [3.05, 3.63) is 23.3 Å². The zero-order valence-electron chi connectivity index (χ0n) is 13.8. The van der Waals surface area contributed by atoms with Crippen molar-refractivity contribution in [2.24, 2.45) is 11.8 Å². The standard InChI is InChI=1S/C18H28O3/c1-5-21-18(20)16-11-12-17(19)15(16)10-9-14(4)8-6-7-13(2)3/h7,10,14,16H,5-6,8-9,11-12H2,1-4H3/b15-10+/t14-,16?/m1/s1. The molecular formula is C18H28O3. The second-order valence-corrected chi connectivity index (χ2v) is 6.13. The number of hydrogen-bond donors (Lipinski definition) is 0. The van der Waals surface area contributed by atoms with Gasteiger partial charge in [0.25, 0.3) is 0 Å². The number of Topliss-reactive ketones (excluding diaryl/α,β-unsaturated/α-hetero) is 1. The molecule has 0 amide bonds. The predicted molar refractivity (Wildman–Crippen MR) is 84.9 cm³/mol. The molecule has 0 radical (unpaired) electrons. The van der Waals surface area contributed by atoms with Crippen LogP contribution in [0.2, 0.25) is 0 Å². The molecular weight excluding hydrogens is 264 g/mol. The molecule has 1 saturated carbocycles. The molecule has 0 saturated heterocycles. The summed E-state index contributed by atoms with van der Waals surface area (Å²) in [5, 5.41) is 0. The molecule has 0 spiro atoms. The van der Waals surface area contributed by atoms with Crippen LogP contribution in [0, 0.1) is 11.8 Å². The Morgan fingerprint density at radius 1 is 1.43 bits per heavy atom. The summed E-state index contributed by atoms with van der Waals surface area (Å²) in [7, 11) is 0. The maximum atomic E-state index is 11.9. The zero-order valence-corrected chi connectivity index (χ0v) is 13.8. The average Bonchev–Trinajstić information content (AvgIpc) is 2.77. The van der Waals surface area contributed by atoms with Crippen molar-refractivity contribution in [2.45, 2.75) is 59.8 Å². The van der Waals surface area contributed by atoms with Crippen molar-refractivity contribution >= 4 is 11.8 Å². The SMILES string of the molecule is CCOC(=O)C1CCC(=O)/C1=C/C[C@H](C)CCC=C(C)C. The van der Waals surface area contributed by atoms with E-state index in [9.17, 15) is 9.59 Å². The van der Waals surface area contributed by atoms with Crippen LogP contribution in [0.5, 0.6) is 0 Å². The second-order valence-electron chi connectivity index (χ2n) is 6.13. The minimum absolute atomic E-state index is 0.115. The first-order chi connectivity index (χ1) is 9.95. The Hall–Kier alpha value is -1.38. The third-order valence-corrected chi connectivity index (χ3v) is 3.88. The number of hydrogen-bond acceptors (Lipinski definition) is 3. The largest absolute Gasteiger partial charge is 0.466 e. The van der Waals surface area contributed by atoms with Gasteiger partial charge in [0.15, 0.2) is 5.78 Å². The van der Waals surface area contributed by atoms with Crippen LogP contribution in [-0.2, 0) is 14.3 Å². The van der Waals surface area contributed by atoms with Crippen LogP contribution in [-0.4, -0.2) is 18.4 Å². The summed E-state index contributed by atoms with van der Waals surface area (Å²) in [5.74, 6) is 0.0584. The van der Waals surface area contributed by atoms with Crippen LogP contribution in [0.4, 0.5) is 0 Å². The van der Waals surface area contributed by atoms with E-state index < -0.39 is 0 Å². The first-order valence-corrected chi connectivity index (χ1v) is 7.99. The van der Waals surface area contributed by atoms with Gasteiger partial charge >= 0.3 is 5.97 Å². The molecule has 0 aromatic rings. The van der Waals surface area contributed by atoms with Crippen molar-refractivity contribution in [1.29, 1.82) is 0 Å². The van der Waals surface area contributed by atoms with Gasteiger partial charge in [0.1, 0.15) is 0 Å². The Kier molecular flexibility index (Phi) is 7.41. The fraction of sp³-hybridized carbons (Fsp3) is 0.667. The lowest BCUT2D eigenvalue weighted by Crippen LogP contribution is -2.17. The van der Waals surface area contributed by atoms with Crippen LogP contribution in [0.15, 0.2) is 23.3 Å². The summed E-state index contributed by atoms with van der Waals surface area (Å²) in [5.41, 5.74) is 2.02. The van der Waals surface area contributed by atoms with Gasteiger partial charge in [-0.05, 0) is 52.4 Å². The van der Waals surface area contributed by atoms with Gasteiger partial charge in [-0.25, -0.2) is 0 Å². The van der Waals surface area contributed by atoms with E-state index in [1.807, 2.05) is 6.08 Å². The lowest BCUT2D eigenvalue weighted by molar-refractivity contribution is -0.146. The summed E-state index contributed by atoms with van der Waals surface area (Å²) in [6, 6.07) is 0. The van der Waals surface area contributed by atoms with Crippen molar-refractivity contribution in [1.82, 2.24) is 0 Å². The highest BCUT2D eigenvalue weighted by atomic mass is 16.5. The Morgan fingerprint density at radius 2 is 2.14 bits per heavy atom. The van der Waals surface area contributed by atoms with Crippen molar-refractivity contribution in [2.75, 3.05) is 6.61 Å². The van der Waals surface area contributed by atoms with Gasteiger partial charge in [-0.2, -0.15) is 0 Å². The molecule has 1 aliphatic rings. The first-order valence-electron chi connectivity index (χ1n) is 7.99. The molecule has 0 bridgehead atoms. The summed E-state index contributed by atoms with van der Waals surface area (Å²) >= 11 is 0. The molecule has 3 heteroatoms. The van der Waals surface area contributed by atoms with Crippen LogP contribution < -0.4 is 0 Å². The predicted octanol–water partition coefficient (Wildman–Crippen LogP) is 4.23. The minimum atomic E-state index is -0.331. The number of ketones is 1. The molecule has 118 valence electrons. The molecule has 0 aromatic heterocycles. The van der Waals surface area contributed by atoms with Gasteiger partial charge in [0.05, 0.1) is 12.5 Å². The van der Waals surface area contributed by atoms with E-state index in [1.165, 1.54) is 5.57 Å². The molecule has 3 nitrogen and oxygen atoms in total. The Morgan fingerprint density at radius 3 is 2.76 bits per heavy atom. The number of rotatable bonds is 7. The minimum Gasteiger partial charge on any atom is -0.466 e. The van der Waals surface area contributed by atoms with E-state index in [1.54, 1.807) is 6.92 Å². The van der Waals surface area contributed by atoms with Crippen LogP contribution in [0.3, 0.4) is 0 Å². The molecule has 0 N–H and O–H groups in total. The number of carbonyl (C=O) groups excluding carboxylic acids is 2. The molecule has 1 fully saturated rings. The van der Waals surface area contributed by atoms with Crippen molar-refractivity contribution in [3.63, 3.8) is 0 Å². The van der Waals surface area contributed by atoms with Gasteiger partial charge in [-0.15, -0.1) is 0 Å². The summed E-state index contributed by atoms with van der Waals surface area (Å²) in [6.07, 6.45) is 8.33. The average molecular weight is 292 g/mol. The van der Waals surface area contributed by atoms with Gasteiger partial charge in [-0.3, -0.25) is 9.59 Å². The van der Waals surface area contributed by atoms with E-state index in [-0.39, 0.29) is 17.7 Å². The lowest BCUT2D eigenvalue weighted by Gasteiger charge is -2.12. The van der Waals surface area contributed by atoms with Gasteiger partial charge < -0.3 is 4.74 Å². The Balaban J connectivity index is 2.57. The molecule has 1 rings (SSSR count). The van der Waals surface area contributed by atoms with Crippen molar-refractivity contribution in [3.8, 4) is 0 Å². The zero-order chi connectivity index (χ0) is 15.8. The summed E-state index contributed by atoms with van der Waals surface area (Å²) in [4.78, 5) is 23.8. The number of esters is 1. The first kappa shape index (κ1) is 17.7. The molecule has 2 atom stereocenters. The van der Waals surface area contributed by atoms with Gasteiger partial charge in [0, 0.05) is 12.0 Å². The number of allylic oxidation sites excluding steroid dienone is 3. The van der Waals surface area contributed by atoms with E-state index in [0.717, 1.165) is 19.3 Å².